The number of carbonyl (C=O) groups excluding carboxylic acids is 1. The van der Waals surface area contributed by atoms with E-state index in [0.29, 0.717) is 6.54 Å². The Bertz CT molecular complexity index is 258. The van der Waals surface area contributed by atoms with Gasteiger partial charge >= 0.3 is 6.09 Å². The van der Waals surface area contributed by atoms with E-state index in [4.69, 9.17) is 10.5 Å². The summed E-state index contributed by atoms with van der Waals surface area (Å²) in [7, 11) is 1.81. The van der Waals surface area contributed by atoms with Crippen molar-refractivity contribution >= 4 is 6.09 Å². The van der Waals surface area contributed by atoms with Gasteiger partial charge in [-0.25, -0.2) is 4.79 Å². The zero-order valence-corrected chi connectivity index (χ0v) is 11.5. The maximum Gasteiger partial charge on any atom is 0.410 e. The molecule has 100 valence electrons. The van der Waals surface area contributed by atoms with Gasteiger partial charge in [0.15, 0.2) is 0 Å². The van der Waals surface area contributed by atoms with Gasteiger partial charge < -0.3 is 15.4 Å². The third-order valence-corrected chi connectivity index (χ3v) is 3.91. The Balaban J connectivity index is 2.69. The maximum atomic E-state index is 11.9. The van der Waals surface area contributed by atoms with Crippen LogP contribution in [-0.2, 0) is 4.74 Å². The van der Waals surface area contributed by atoms with Gasteiger partial charge in [-0.05, 0) is 45.4 Å². The minimum absolute atomic E-state index is 0.0812. The summed E-state index contributed by atoms with van der Waals surface area (Å²) in [6, 6.07) is 0. The standard InChI is InChI=1S/C13H26N2O2/c1-10(2)17-12(16)15(4)13(9-14)7-5-11(3)6-8-13/h10-11H,5-9,14H2,1-4H3. The molecule has 0 unspecified atom stereocenters. The quantitative estimate of drug-likeness (QED) is 0.826. The molecule has 0 bridgehead atoms. The highest BCUT2D eigenvalue weighted by Gasteiger charge is 2.39. The van der Waals surface area contributed by atoms with Crippen LogP contribution in [0.5, 0.6) is 0 Å². The largest absolute Gasteiger partial charge is 0.447 e. The molecule has 4 nitrogen and oxygen atoms in total. The molecule has 0 aromatic carbocycles. The van der Waals surface area contributed by atoms with Crippen molar-refractivity contribution in [3.63, 3.8) is 0 Å². The average molecular weight is 242 g/mol. The number of hydrogen-bond acceptors (Lipinski definition) is 3. The molecule has 1 rings (SSSR count). The molecule has 2 N–H and O–H groups in total. The number of ether oxygens (including phenoxy) is 1. The van der Waals surface area contributed by atoms with Crippen molar-refractivity contribution in [2.75, 3.05) is 13.6 Å². The molecule has 1 fully saturated rings. The van der Waals surface area contributed by atoms with Gasteiger partial charge in [-0.15, -0.1) is 0 Å². The van der Waals surface area contributed by atoms with Crippen LogP contribution in [0.2, 0.25) is 0 Å². The average Bonchev–Trinajstić information content (AvgIpc) is 2.29. The van der Waals surface area contributed by atoms with Crippen LogP contribution in [0.1, 0.15) is 46.5 Å². The van der Waals surface area contributed by atoms with Gasteiger partial charge in [0.2, 0.25) is 0 Å². The minimum atomic E-state index is -0.250. The van der Waals surface area contributed by atoms with Crippen LogP contribution >= 0.6 is 0 Å². The Hall–Kier alpha value is -0.770. The molecule has 0 heterocycles. The van der Waals surface area contributed by atoms with E-state index in [1.54, 1.807) is 4.90 Å². The molecule has 0 saturated heterocycles. The van der Waals surface area contributed by atoms with Gasteiger partial charge in [0.1, 0.15) is 0 Å². The summed E-state index contributed by atoms with van der Waals surface area (Å²) in [5.41, 5.74) is 5.71. The van der Waals surface area contributed by atoms with Gasteiger partial charge in [-0.1, -0.05) is 6.92 Å². The molecule has 0 aromatic rings. The fourth-order valence-electron chi connectivity index (χ4n) is 2.45. The first-order valence-electron chi connectivity index (χ1n) is 6.56. The molecule has 0 aliphatic heterocycles. The second-order valence-corrected chi connectivity index (χ2v) is 5.60. The summed E-state index contributed by atoms with van der Waals surface area (Å²) >= 11 is 0. The molecule has 1 amide bonds. The number of rotatable bonds is 3. The van der Waals surface area contributed by atoms with E-state index >= 15 is 0 Å². The number of amides is 1. The highest BCUT2D eigenvalue weighted by molar-refractivity contribution is 5.68. The zero-order chi connectivity index (χ0) is 13.1. The van der Waals surface area contributed by atoms with Crippen molar-refractivity contribution in [2.24, 2.45) is 11.7 Å². The smallest absolute Gasteiger partial charge is 0.410 e. The molecule has 1 aliphatic rings. The van der Waals surface area contributed by atoms with Crippen LogP contribution in [0.25, 0.3) is 0 Å². The fraction of sp³-hybridized carbons (Fsp3) is 0.923. The number of carbonyl (C=O) groups is 1. The number of likely N-dealkylation sites (N-methyl/N-ethyl adjacent to an activating group) is 1. The summed E-state index contributed by atoms with van der Waals surface area (Å²) in [5.74, 6) is 0.740. The molecule has 17 heavy (non-hydrogen) atoms. The number of nitrogens with two attached hydrogens (primary N) is 1. The SMILES string of the molecule is CC1CCC(CN)(N(C)C(=O)OC(C)C)CC1. The molecule has 0 radical (unpaired) electrons. The predicted molar refractivity (Wildman–Crippen MR) is 68.8 cm³/mol. The van der Waals surface area contributed by atoms with Crippen LogP contribution in [0, 0.1) is 5.92 Å². The molecule has 0 aromatic heterocycles. The second kappa shape index (κ2) is 5.71. The van der Waals surface area contributed by atoms with Crippen molar-refractivity contribution in [1.29, 1.82) is 0 Å². The first kappa shape index (κ1) is 14.3. The molecule has 0 spiro atoms. The van der Waals surface area contributed by atoms with E-state index in [1.165, 1.54) is 0 Å². The number of hydrogen-bond donors (Lipinski definition) is 1. The van der Waals surface area contributed by atoms with E-state index in [1.807, 2.05) is 20.9 Å². The van der Waals surface area contributed by atoms with Crippen LogP contribution in [-0.4, -0.2) is 36.2 Å². The van der Waals surface area contributed by atoms with Gasteiger partial charge in [-0.2, -0.15) is 0 Å². The van der Waals surface area contributed by atoms with E-state index < -0.39 is 0 Å². The highest BCUT2D eigenvalue weighted by Crippen LogP contribution is 2.35. The first-order valence-corrected chi connectivity index (χ1v) is 6.56. The van der Waals surface area contributed by atoms with Gasteiger partial charge in [0.05, 0.1) is 11.6 Å². The zero-order valence-electron chi connectivity index (χ0n) is 11.5. The van der Waals surface area contributed by atoms with E-state index in [0.717, 1.165) is 31.6 Å². The van der Waals surface area contributed by atoms with Crippen molar-refractivity contribution in [1.82, 2.24) is 4.90 Å². The Morgan fingerprint density at radius 3 is 2.41 bits per heavy atom. The predicted octanol–water partition coefficient (Wildman–Crippen LogP) is 2.37. The van der Waals surface area contributed by atoms with Crippen LogP contribution < -0.4 is 5.73 Å². The molecular weight excluding hydrogens is 216 g/mol. The lowest BCUT2D eigenvalue weighted by Gasteiger charge is -2.44. The molecular formula is C13H26N2O2. The number of nitrogens with zero attached hydrogens (tertiary/aromatic N) is 1. The molecule has 4 heteroatoms. The summed E-state index contributed by atoms with van der Waals surface area (Å²) in [4.78, 5) is 13.7. The highest BCUT2D eigenvalue weighted by atomic mass is 16.6. The van der Waals surface area contributed by atoms with E-state index in [-0.39, 0.29) is 17.7 Å². The third-order valence-electron chi connectivity index (χ3n) is 3.91. The summed E-state index contributed by atoms with van der Waals surface area (Å²) in [5, 5.41) is 0. The normalized spacial score (nSPS) is 29.2. The third kappa shape index (κ3) is 3.35. The second-order valence-electron chi connectivity index (χ2n) is 5.60. The van der Waals surface area contributed by atoms with Crippen molar-refractivity contribution in [3.8, 4) is 0 Å². The lowest BCUT2D eigenvalue weighted by atomic mass is 9.76. The topological polar surface area (TPSA) is 55.6 Å². The monoisotopic (exact) mass is 242 g/mol. The van der Waals surface area contributed by atoms with Crippen LogP contribution in [0.3, 0.4) is 0 Å². The summed E-state index contributed by atoms with van der Waals surface area (Å²) < 4.78 is 5.25. The molecule has 0 atom stereocenters. The maximum absolute atomic E-state index is 11.9. The lowest BCUT2D eigenvalue weighted by Crippen LogP contribution is -2.56. The summed E-state index contributed by atoms with van der Waals surface area (Å²) in [6.07, 6.45) is 3.90. The van der Waals surface area contributed by atoms with Crippen molar-refractivity contribution < 1.29 is 9.53 Å². The van der Waals surface area contributed by atoms with Crippen molar-refractivity contribution in [2.45, 2.75) is 58.1 Å². The fourth-order valence-corrected chi connectivity index (χ4v) is 2.45. The first-order chi connectivity index (χ1) is 7.91. The van der Waals surface area contributed by atoms with Gasteiger partial charge in [0.25, 0.3) is 0 Å². The molecule has 1 aliphatic carbocycles. The van der Waals surface area contributed by atoms with Crippen LogP contribution in [0.15, 0.2) is 0 Å². The Labute approximate surface area is 104 Å². The van der Waals surface area contributed by atoms with Gasteiger partial charge in [0, 0.05) is 13.6 Å². The Kier molecular flexibility index (Phi) is 4.80. The minimum Gasteiger partial charge on any atom is -0.447 e. The Morgan fingerprint density at radius 1 is 1.47 bits per heavy atom. The van der Waals surface area contributed by atoms with E-state index in [9.17, 15) is 4.79 Å². The van der Waals surface area contributed by atoms with Gasteiger partial charge in [-0.3, -0.25) is 0 Å². The van der Waals surface area contributed by atoms with E-state index in [2.05, 4.69) is 6.92 Å². The van der Waals surface area contributed by atoms with Crippen LogP contribution in [0.4, 0.5) is 4.79 Å². The summed E-state index contributed by atoms with van der Waals surface area (Å²) in [6.45, 7) is 6.50. The molecule has 1 saturated carbocycles. The lowest BCUT2D eigenvalue weighted by molar-refractivity contribution is 0.0277. The Morgan fingerprint density at radius 2 is 2.00 bits per heavy atom. The van der Waals surface area contributed by atoms with Crippen molar-refractivity contribution in [3.05, 3.63) is 0 Å².